The van der Waals surface area contributed by atoms with Gasteiger partial charge in [0.2, 0.25) is 17.7 Å². The molecule has 1 aromatic heterocycles. The van der Waals surface area contributed by atoms with Gasteiger partial charge < -0.3 is 15.2 Å². The predicted molar refractivity (Wildman–Crippen MR) is 75.6 cm³/mol. The molecule has 0 spiro atoms. The van der Waals surface area contributed by atoms with Crippen molar-refractivity contribution in [3.05, 3.63) is 39.4 Å². The maximum atomic E-state index is 11.0. The standard InChI is InChI=1S/C13H14N4O4/c1-7-4-8(2)10(5-9(7)17(18)19)21-12-6-11(20-3)15-13(14)16-12/h4-6H,1-3H3,(H2,14,15,16). The summed E-state index contributed by atoms with van der Waals surface area (Å²) in [4.78, 5) is 18.3. The molecule has 0 fully saturated rings. The molecule has 0 atom stereocenters. The number of nitrogen functional groups attached to an aromatic ring is 1. The Bertz CT molecular complexity index is 703. The van der Waals surface area contributed by atoms with Gasteiger partial charge >= 0.3 is 0 Å². The van der Waals surface area contributed by atoms with Crippen molar-refractivity contribution in [1.82, 2.24) is 9.97 Å². The van der Waals surface area contributed by atoms with Crippen LogP contribution >= 0.6 is 0 Å². The van der Waals surface area contributed by atoms with Gasteiger partial charge in [0.25, 0.3) is 5.69 Å². The third kappa shape index (κ3) is 3.16. The number of benzene rings is 1. The third-order valence-corrected chi connectivity index (χ3v) is 2.81. The number of hydrogen-bond acceptors (Lipinski definition) is 7. The molecule has 0 aliphatic heterocycles. The first kappa shape index (κ1) is 14.5. The Labute approximate surface area is 120 Å². The summed E-state index contributed by atoms with van der Waals surface area (Å²) in [6.07, 6.45) is 0. The summed E-state index contributed by atoms with van der Waals surface area (Å²) in [7, 11) is 1.44. The molecule has 110 valence electrons. The van der Waals surface area contributed by atoms with Crippen LogP contribution in [0, 0.1) is 24.0 Å². The molecule has 1 aromatic carbocycles. The Morgan fingerprint density at radius 3 is 2.43 bits per heavy atom. The van der Waals surface area contributed by atoms with Crippen LogP contribution in [-0.2, 0) is 0 Å². The maximum absolute atomic E-state index is 11.0. The summed E-state index contributed by atoms with van der Waals surface area (Å²) < 4.78 is 10.5. The van der Waals surface area contributed by atoms with E-state index in [9.17, 15) is 10.1 Å². The molecular formula is C13H14N4O4. The Balaban J connectivity index is 2.41. The number of aryl methyl sites for hydroxylation is 2. The molecule has 0 unspecified atom stereocenters. The number of ether oxygens (including phenoxy) is 2. The molecule has 8 nitrogen and oxygen atoms in total. The molecule has 8 heteroatoms. The lowest BCUT2D eigenvalue weighted by molar-refractivity contribution is -0.385. The van der Waals surface area contributed by atoms with Gasteiger partial charge in [0.15, 0.2) is 0 Å². The van der Waals surface area contributed by atoms with E-state index in [-0.39, 0.29) is 23.4 Å². The Morgan fingerprint density at radius 2 is 1.81 bits per heavy atom. The van der Waals surface area contributed by atoms with Gasteiger partial charge in [-0.1, -0.05) is 0 Å². The van der Waals surface area contributed by atoms with Gasteiger partial charge in [-0.15, -0.1) is 0 Å². The smallest absolute Gasteiger partial charge is 0.276 e. The van der Waals surface area contributed by atoms with Crippen LogP contribution in [0.4, 0.5) is 11.6 Å². The van der Waals surface area contributed by atoms with Crippen LogP contribution in [0.2, 0.25) is 0 Å². The van der Waals surface area contributed by atoms with Crippen LogP contribution in [-0.4, -0.2) is 22.0 Å². The highest BCUT2D eigenvalue weighted by Crippen LogP contribution is 2.31. The van der Waals surface area contributed by atoms with E-state index in [0.29, 0.717) is 11.3 Å². The Hall–Kier alpha value is -2.90. The van der Waals surface area contributed by atoms with Crippen LogP contribution in [0.3, 0.4) is 0 Å². The van der Waals surface area contributed by atoms with Crippen molar-refractivity contribution in [1.29, 1.82) is 0 Å². The number of anilines is 1. The van der Waals surface area contributed by atoms with E-state index in [4.69, 9.17) is 15.2 Å². The molecule has 0 aliphatic rings. The van der Waals surface area contributed by atoms with Gasteiger partial charge in [-0.3, -0.25) is 10.1 Å². The fourth-order valence-electron chi connectivity index (χ4n) is 1.82. The SMILES string of the molecule is COc1cc(Oc2cc([N+](=O)[O-])c(C)cc2C)nc(N)n1. The zero-order valence-corrected chi connectivity index (χ0v) is 11.8. The second kappa shape index (κ2) is 5.61. The summed E-state index contributed by atoms with van der Waals surface area (Å²) in [6, 6.07) is 4.48. The summed E-state index contributed by atoms with van der Waals surface area (Å²) in [5.41, 5.74) is 6.82. The second-order valence-corrected chi connectivity index (χ2v) is 4.37. The zero-order valence-electron chi connectivity index (χ0n) is 11.8. The summed E-state index contributed by atoms with van der Waals surface area (Å²) >= 11 is 0. The molecule has 0 radical (unpaired) electrons. The number of nitro benzene ring substituents is 1. The van der Waals surface area contributed by atoms with Crippen molar-refractivity contribution in [2.75, 3.05) is 12.8 Å². The molecule has 0 saturated heterocycles. The average molecular weight is 290 g/mol. The molecule has 2 rings (SSSR count). The van der Waals surface area contributed by atoms with Crippen molar-refractivity contribution in [3.8, 4) is 17.5 Å². The van der Waals surface area contributed by atoms with Crippen LogP contribution in [0.25, 0.3) is 0 Å². The fourth-order valence-corrected chi connectivity index (χ4v) is 1.82. The van der Waals surface area contributed by atoms with Crippen molar-refractivity contribution in [2.45, 2.75) is 13.8 Å². The number of nitro groups is 1. The molecule has 0 aliphatic carbocycles. The third-order valence-electron chi connectivity index (χ3n) is 2.81. The predicted octanol–water partition coefficient (Wildman–Crippen LogP) is 2.38. The summed E-state index contributed by atoms with van der Waals surface area (Å²) in [5.74, 6) is 0.716. The minimum Gasteiger partial charge on any atom is -0.481 e. The quantitative estimate of drug-likeness (QED) is 0.679. The molecular weight excluding hydrogens is 276 g/mol. The van der Waals surface area contributed by atoms with E-state index in [1.165, 1.54) is 19.2 Å². The van der Waals surface area contributed by atoms with Crippen molar-refractivity contribution in [3.63, 3.8) is 0 Å². The first-order valence-corrected chi connectivity index (χ1v) is 6.02. The van der Waals surface area contributed by atoms with Crippen molar-refractivity contribution in [2.24, 2.45) is 0 Å². The van der Waals surface area contributed by atoms with Crippen LogP contribution < -0.4 is 15.2 Å². The van der Waals surface area contributed by atoms with Gasteiger partial charge in [-0.2, -0.15) is 9.97 Å². The first-order chi connectivity index (χ1) is 9.90. The molecule has 0 bridgehead atoms. The monoisotopic (exact) mass is 290 g/mol. The van der Waals surface area contributed by atoms with Crippen molar-refractivity contribution >= 4 is 11.6 Å². The van der Waals surface area contributed by atoms with E-state index >= 15 is 0 Å². The normalized spacial score (nSPS) is 10.2. The number of aromatic nitrogens is 2. The molecule has 2 aromatic rings. The summed E-state index contributed by atoms with van der Waals surface area (Å²) in [6.45, 7) is 3.45. The lowest BCUT2D eigenvalue weighted by Crippen LogP contribution is -2.01. The van der Waals surface area contributed by atoms with Gasteiger partial charge in [-0.25, -0.2) is 0 Å². The number of methoxy groups -OCH3 is 1. The molecule has 0 saturated carbocycles. The number of rotatable bonds is 4. The van der Waals surface area contributed by atoms with Gasteiger partial charge in [0, 0.05) is 5.56 Å². The van der Waals surface area contributed by atoms with Crippen LogP contribution in [0.15, 0.2) is 18.2 Å². The average Bonchev–Trinajstić information content (AvgIpc) is 2.40. The zero-order chi connectivity index (χ0) is 15.6. The minimum absolute atomic E-state index is 0.0105. The molecule has 1 heterocycles. The fraction of sp³-hybridized carbons (Fsp3) is 0.231. The van der Waals surface area contributed by atoms with Crippen molar-refractivity contribution < 1.29 is 14.4 Å². The van der Waals surface area contributed by atoms with Gasteiger partial charge in [-0.05, 0) is 25.5 Å². The number of nitrogens with two attached hydrogens (primary N) is 1. The van der Waals surface area contributed by atoms with E-state index in [1.54, 1.807) is 19.9 Å². The number of nitrogens with zero attached hydrogens (tertiary/aromatic N) is 3. The lowest BCUT2D eigenvalue weighted by atomic mass is 10.1. The van der Waals surface area contributed by atoms with Gasteiger partial charge in [0.05, 0.1) is 24.2 Å². The Morgan fingerprint density at radius 1 is 1.14 bits per heavy atom. The maximum Gasteiger partial charge on any atom is 0.276 e. The highest BCUT2D eigenvalue weighted by Gasteiger charge is 2.16. The first-order valence-electron chi connectivity index (χ1n) is 6.02. The van der Waals surface area contributed by atoms with Crippen LogP contribution in [0.5, 0.6) is 17.5 Å². The summed E-state index contributed by atoms with van der Waals surface area (Å²) in [5, 5.41) is 11.0. The molecule has 2 N–H and O–H groups in total. The van der Waals surface area contributed by atoms with E-state index in [0.717, 1.165) is 5.56 Å². The van der Waals surface area contributed by atoms with E-state index < -0.39 is 4.92 Å². The Kier molecular flexibility index (Phi) is 3.88. The topological polar surface area (TPSA) is 113 Å². The van der Waals surface area contributed by atoms with Crippen LogP contribution in [0.1, 0.15) is 11.1 Å². The second-order valence-electron chi connectivity index (χ2n) is 4.37. The lowest BCUT2D eigenvalue weighted by Gasteiger charge is -2.10. The highest BCUT2D eigenvalue weighted by atomic mass is 16.6. The number of hydrogen-bond donors (Lipinski definition) is 1. The molecule has 0 amide bonds. The minimum atomic E-state index is -0.462. The largest absolute Gasteiger partial charge is 0.481 e. The van der Waals surface area contributed by atoms with E-state index in [2.05, 4.69) is 9.97 Å². The molecule has 21 heavy (non-hydrogen) atoms. The highest BCUT2D eigenvalue weighted by molar-refractivity contribution is 5.50. The van der Waals surface area contributed by atoms with E-state index in [1.807, 2.05) is 0 Å². The van der Waals surface area contributed by atoms with Gasteiger partial charge in [0.1, 0.15) is 5.75 Å².